The highest BCUT2D eigenvalue weighted by Gasteiger charge is 2.16. The number of ether oxygens (including phenoxy) is 1. The van der Waals surface area contributed by atoms with Crippen molar-refractivity contribution in [1.82, 2.24) is 5.32 Å². The Morgan fingerprint density at radius 1 is 1.20 bits per heavy atom. The average molecular weight is 303 g/mol. The molecule has 8 nitrogen and oxygen atoms in total. The molecule has 0 unspecified atom stereocenters. The van der Waals surface area contributed by atoms with Gasteiger partial charge in [0.1, 0.15) is 13.2 Å². The first-order chi connectivity index (χ1) is 9.37. The van der Waals surface area contributed by atoms with Crippen molar-refractivity contribution in [3.05, 3.63) is 35.9 Å². The van der Waals surface area contributed by atoms with Gasteiger partial charge in [0.05, 0.1) is 6.54 Å². The van der Waals surface area contributed by atoms with Gasteiger partial charge >= 0.3 is 13.9 Å². The third kappa shape index (κ3) is 7.65. The van der Waals surface area contributed by atoms with Gasteiger partial charge in [-0.25, -0.2) is 9.36 Å². The van der Waals surface area contributed by atoms with Crippen molar-refractivity contribution in [3.8, 4) is 0 Å². The molecule has 0 saturated carbocycles. The van der Waals surface area contributed by atoms with Crippen LogP contribution in [0.1, 0.15) is 5.56 Å². The molecule has 0 saturated heterocycles. The number of carbonyl (C=O) groups excluding carboxylic acids is 2. The molecule has 110 valence electrons. The molecule has 0 aliphatic carbocycles. The second-order valence-corrected chi connectivity index (χ2v) is 4.96. The summed E-state index contributed by atoms with van der Waals surface area (Å²) in [5.41, 5.74) is 0.791. The van der Waals surface area contributed by atoms with Crippen LogP contribution < -0.4 is 5.32 Å². The summed E-state index contributed by atoms with van der Waals surface area (Å²) in [6.07, 6.45) is -0.807. The minimum absolute atomic E-state index is 0.0554. The average Bonchev–Trinajstić information content (AvgIpc) is 2.41. The highest BCUT2D eigenvalue weighted by atomic mass is 31.2. The lowest BCUT2D eigenvalue weighted by Crippen LogP contribution is -2.31. The number of carbonyl (C=O) groups is 2. The number of hydrogen-bond acceptors (Lipinski definition) is 5. The summed E-state index contributed by atoms with van der Waals surface area (Å²) in [4.78, 5) is 39.1. The Hall–Kier alpha value is -1.73. The quantitative estimate of drug-likeness (QED) is 0.630. The van der Waals surface area contributed by atoms with E-state index in [1.807, 2.05) is 6.07 Å². The predicted molar refractivity (Wildman–Crippen MR) is 67.6 cm³/mol. The zero-order chi connectivity index (χ0) is 15.0. The third-order valence-electron chi connectivity index (χ3n) is 2.04. The van der Waals surface area contributed by atoms with Gasteiger partial charge in [-0.1, -0.05) is 30.3 Å². The van der Waals surface area contributed by atoms with Gasteiger partial charge in [-0.05, 0) is 5.56 Å². The molecule has 0 fully saturated rings. The second kappa shape index (κ2) is 7.76. The normalized spacial score (nSPS) is 10.9. The van der Waals surface area contributed by atoms with Gasteiger partial charge in [0, 0.05) is 0 Å². The lowest BCUT2D eigenvalue weighted by Gasteiger charge is -2.07. The van der Waals surface area contributed by atoms with Crippen molar-refractivity contribution in [2.24, 2.45) is 0 Å². The largest absolute Gasteiger partial charge is 0.470 e. The fourth-order valence-electron chi connectivity index (χ4n) is 1.15. The van der Waals surface area contributed by atoms with Gasteiger partial charge in [0.25, 0.3) is 0 Å². The zero-order valence-corrected chi connectivity index (χ0v) is 11.3. The van der Waals surface area contributed by atoms with Gasteiger partial charge in [-0.2, -0.15) is 0 Å². The van der Waals surface area contributed by atoms with Crippen LogP contribution in [-0.4, -0.2) is 34.8 Å². The number of rotatable bonds is 7. The number of amides is 1. The van der Waals surface area contributed by atoms with Crippen LogP contribution in [0.5, 0.6) is 0 Å². The van der Waals surface area contributed by atoms with Crippen LogP contribution >= 0.6 is 7.82 Å². The maximum Gasteiger partial charge on any atom is 0.470 e. The Morgan fingerprint density at radius 2 is 1.85 bits per heavy atom. The minimum Gasteiger partial charge on any atom is -0.445 e. The van der Waals surface area contributed by atoms with Gasteiger partial charge in [0.2, 0.25) is 0 Å². The van der Waals surface area contributed by atoms with Crippen LogP contribution in [0.15, 0.2) is 30.3 Å². The van der Waals surface area contributed by atoms with Crippen molar-refractivity contribution < 1.29 is 33.2 Å². The summed E-state index contributed by atoms with van der Waals surface area (Å²) in [6, 6.07) is 8.95. The van der Waals surface area contributed by atoms with Gasteiger partial charge in [-0.3, -0.25) is 9.32 Å². The number of nitrogens with one attached hydrogen (secondary N) is 1. The summed E-state index contributed by atoms with van der Waals surface area (Å²) < 4.78 is 19.1. The van der Waals surface area contributed by atoms with E-state index in [1.165, 1.54) is 0 Å². The van der Waals surface area contributed by atoms with Gasteiger partial charge in [0.15, 0.2) is 5.78 Å². The Kier molecular flexibility index (Phi) is 6.33. The van der Waals surface area contributed by atoms with Crippen molar-refractivity contribution in [3.63, 3.8) is 0 Å². The topological polar surface area (TPSA) is 122 Å². The number of alkyl carbamates (subject to hydrolysis) is 1. The van der Waals surface area contributed by atoms with Crippen LogP contribution in [0, 0.1) is 0 Å². The third-order valence-corrected chi connectivity index (χ3v) is 2.50. The van der Waals surface area contributed by atoms with E-state index < -0.39 is 32.9 Å². The van der Waals surface area contributed by atoms with Crippen molar-refractivity contribution >= 4 is 19.7 Å². The summed E-state index contributed by atoms with van der Waals surface area (Å²) in [7, 11) is -4.68. The van der Waals surface area contributed by atoms with E-state index in [2.05, 4.69) is 9.84 Å². The Labute approximate surface area is 114 Å². The van der Waals surface area contributed by atoms with Crippen molar-refractivity contribution in [1.29, 1.82) is 0 Å². The molecule has 1 amide bonds. The molecule has 9 heteroatoms. The first-order valence-electron chi connectivity index (χ1n) is 5.53. The monoisotopic (exact) mass is 303 g/mol. The molecule has 1 aromatic rings. The fraction of sp³-hybridized carbons (Fsp3) is 0.273. The van der Waals surface area contributed by atoms with Crippen LogP contribution in [0.4, 0.5) is 4.79 Å². The molecule has 3 N–H and O–H groups in total. The van der Waals surface area contributed by atoms with E-state index in [0.29, 0.717) is 0 Å². The number of Topliss-reactive ketones (excluding diaryl/α,β-unsaturated/α-hetero) is 1. The molecule has 0 aromatic heterocycles. The second-order valence-electron chi connectivity index (χ2n) is 3.72. The van der Waals surface area contributed by atoms with Crippen molar-refractivity contribution in [2.75, 3.05) is 13.2 Å². The first-order valence-corrected chi connectivity index (χ1v) is 7.06. The SMILES string of the molecule is O=C(CNC(=O)OCc1ccccc1)COP(=O)(O)O. The molecule has 0 spiro atoms. The predicted octanol–water partition coefficient (Wildman–Crippen LogP) is 0.591. The van der Waals surface area contributed by atoms with E-state index in [4.69, 9.17) is 14.5 Å². The molecule has 0 aliphatic heterocycles. The molecule has 1 aromatic carbocycles. The van der Waals surface area contributed by atoms with Crippen LogP contribution in [0.2, 0.25) is 0 Å². The Balaban J connectivity index is 2.20. The van der Waals surface area contributed by atoms with E-state index >= 15 is 0 Å². The van der Waals surface area contributed by atoms with E-state index in [-0.39, 0.29) is 6.61 Å². The maximum atomic E-state index is 11.2. The number of hydrogen-bond donors (Lipinski definition) is 3. The first kappa shape index (κ1) is 16.3. The van der Waals surface area contributed by atoms with Crippen LogP contribution in [0.3, 0.4) is 0 Å². The molecule has 1 rings (SSSR count). The van der Waals surface area contributed by atoms with Gasteiger partial charge < -0.3 is 19.8 Å². The molecule has 0 bridgehead atoms. The maximum absolute atomic E-state index is 11.2. The molecular formula is C11H14NO7P. The van der Waals surface area contributed by atoms with E-state index in [9.17, 15) is 14.2 Å². The molecule has 0 atom stereocenters. The lowest BCUT2D eigenvalue weighted by atomic mass is 10.2. The smallest absolute Gasteiger partial charge is 0.445 e. The molecule has 0 aliphatic rings. The molecule has 20 heavy (non-hydrogen) atoms. The summed E-state index contributed by atoms with van der Waals surface area (Å²) in [5.74, 6) is -0.690. The Bertz CT molecular complexity index is 499. The summed E-state index contributed by atoms with van der Waals surface area (Å²) in [6.45, 7) is -1.17. The fourth-order valence-corrected chi connectivity index (χ4v) is 1.46. The lowest BCUT2D eigenvalue weighted by molar-refractivity contribution is -0.120. The molecule has 0 heterocycles. The number of phosphoric ester groups is 1. The summed E-state index contributed by atoms with van der Waals surface area (Å²) in [5, 5.41) is 2.15. The van der Waals surface area contributed by atoms with Crippen LogP contribution in [0.25, 0.3) is 0 Å². The molecular weight excluding hydrogens is 289 g/mol. The minimum atomic E-state index is -4.68. The number of phosphoric acid groups is 1. The number of ketones is 1. The molecule has 0 radical (unpaired) electrons. The highest BCUT2D eigenvalue weighted by molar-refractivity contribution is 7.46. The highest BCUT2D eigenvalue weighted by Crippen LogP contribution is 2.35. The standard InChI is InChI=1S/C11H14NO7P/c13-10(8-19-20(15,16)17)6-12-11(14)18-7-9-4-2-1-3-5-9/h1-5H,6-8H2,(H,12,14)(H2,15,16,17). The zero-order valence-electron chi connectivity index (χ0n) is 10.4. The van der Waals surface area contributed by atoms with E-state index in [1.54, 1.807) is 24.3 Å². The number of benzene rings is 1. The Morgan fingerprint density at radius 3 is 2.45 bits per heavy atom. The van der Waals surface area contributed by atoms with Crippen molar-refractivity contribution in [2.45, 2.75) is 6.61 Å². The summed E-state index contributed by atoms with van der Waals surface area (Å²) >= 11 is 0. The van der Waals surface area contributed by atoms with E-state index in [0.717, 1.165) is 5.56 Å². The van der Waals surface area contributed by atoms with Gasteiger partial charge in [-0.15, -0.1) is 0 Å². The van der Waals surface area contributed by atoms with Crippen LogP contribution in [-0.2, 0) is 25.2 Å².